The molecule has 2 aliphatic heterocycles. The predicted molar refractivity (Wildman–Crippen MR) is 175 cm³/mol. The van der Waals surface area contributed by atoms with E-state index in [0.29, 0.717) is 67.1 Å². The second-order valence-corrected chi connectivity index (χ2v) is 14.9. The van der Waals surface area contributed by atoms with E-state index < -0.39 is 12.3 Å². The Morgan fingerprint density at radius 2 is 1.98 bits per heavy atom. The molecule has 250 valence electrons. The molecule has 0 spiro atoms. The van der Waals surface area contributed by atoms with Gasteiger partial charge in [-0.3, -0.25) is 19.7 Å². The third kappa shape index (κ3) is 8.05. The van der Waals surface area contributed by atoms with Crippen molar-refractivity contribution in [1.82, 2.24) is 19.8 Å². The average molecular weight is 667 g/mol. The first kappa shape index (κ1) is 34.2. The summed E-state index contributed by atoms with van der Waals surface area (Å²) in [6.07, 6.45) is 1.84. The van der Waals surface area contributed by atoms with Gasteiger partial charge in [-0.25, -0.2) is 13.8 Å². The Morgan fingerprint density at radius 1 is 1.21 bits per heavy atom. The maximum Gasteiger partial charge on any atom is 0.272 e. The van der Waals surface area contributed by atoms with Gasteiger partial charge < -0.3 is 19.5 Å². The zero-order valence-electron chi connectivity index (χ0n) is 27.1. The molecule has 3 aromatic rings. The highest BCUT2D eigenvalue weighted by molar-refractivity contribution is 7.14. The topological polar surface area (TPSA) is 129 Å². The van der Waals surface area contributed by atoms with Crippen molar-refractivity contribution >= 4 is 46.0 Å². The number of allylic oxidation sites excluding steroid dienone is 1. The number of fused-ring (bicyclic) bond motifs is 1. The van der Waals surface area contributed by atoms with Gasteiger partial charge in [-0.2, -0.15) is 5.26 Å². The number of carbonyl (C=O) groups excluding carboxylic acids is 3. The normalized spacial score (nSPS) is 17.9. The van der Waals surface area contributed by atoms with Crippen molar-refractivity contribution < 1.29 is 27.9 Å². The predicted octanol–water partition coefficient (Wildman–Crippen LogP) is 6.32. The monoisotopic (exact) mass is 666 g/mol. The van der Waals surface area contributed by atoms with Crippen molar-refractivity contribution in [3.05, 3.63) is 57.3 Å². The molecule has 13 heteroatoms. The number of likely N-dealkylation sites (tertiary alicyclic amines) is 1. The molecule has 0 unspecified atom stereocenters. The molecule has 0 radical (unpaired) electrons. The van der Waals surface area contributed by atoms with E-state index in [1.54, 1.807) is 33.7 Å². The lowest BCUT2D eigenvalue weighted by Crippen LogP contribution is -2.40. The summed E-state index contributed by atoms with van der Waals surface area (Å²) < 4.78 is 33.5. The molecule has 2 fully saturated rings. The number of hydrogen-bond donors (Lipinski definition) is 2. The van der Waals surface area contributed by atoms with Crippen LogP contribution < -0.4 is 10.6 Å². The highest BCUT2D eigenvalue weighted by Crippen LogP contribution is 2.33. The summed E-state index contributed by atoms with van der Waals surface area (Å²) in [5.41, 5.74) is 1.52. The van der Waals surface area contributed by atoms with Crippen molar-refractivity contribution in [2.75, 3.05) is 31.6 Å². The van der Waals surface area contributed by atoms with Crippen LogP contribution >= 0.6 is 11.3 Å². The number of hydrogen-bond acceptors (Lipinski definition) is 7. The number of imidazole rings is 1. The summed E-state index contributed by atoms with van der Waals surface area (Å²) in [6.45, 7) is 10.7. The molecule has 1 aromatic carbocycles. The van der Waals surface area contributed by atoms with Crippen LogP contribution in [0.25, 0.3) is 11.0 Å². The third-order valence-electron chi connectivity index (χ3n) is 8.46. The lowest BCUT2D eigenvalue weighted by atomic mass is 9.83. The summed E-state index contributed by atoms with van der Waals surface area (Å²) in [4.78, 5) is 45.9. The number of benzene rings is 1. The van der Waals surface area contributed by atoms with E-state index >= 15 is 0 Å². The summed E-state index contributed by atoms with van der Waals surface area (Å²) in [5.74, 6) is -1.03. The average Bonchev–Trinajstić information content (AvgIpc) is 3.76. The van der Waals surface area contributed by atoms with Crippen molar-refractivity contribution in [3.8, 4) is 6.07 Å². The number of nitrogens with zero attached hydrogens (tertiary/aromatic N) is 4. The third-order valence-corrected chi connectivity index (χ3v) is 9.55. The molecular formula is C34H40F2N6O4S. The van der Waals surface area contributed by atoms with Gasteiger partial charge in [0.05, 0.1) is 40.0 Å². The number of halogens is 2. The van der Waals surface area contributed by atoms with Gasteiger partial charge in [0.1, 0.15) is 11.6 Å². The van der Waals surface area contributed by atoms with Crippen molar-refractivity contribution in [1.29, 1.82) is 5.26 Å². The molecule has 2 aromatic heterocycles. The molecule has 2 saturated heterocycles. The molecule has 0 aliphatic carbocycles. The van der Waals surface area contributed by atoms with Gasteiger partial charge in [0.25, 0.3) is 24.1 Å². The molecule has 2 aliphatic rings. The number of aromatic nitrogens is 2. The summed E-state index contributed by atoms with van der Waals surface area (Å²) in [7, 11) is 0. The molecule has 10 nitrogen and oxygen atoms in total. The first-order valence-corrected chi connectivity index (χ1v) is 16.6. The van der Waals surface area contributed by atoms with Crippen molar-refractivity contribution in [2.24, 2.45) is 10.8 Å². The Labute approximate surface area is 276 Å². The van der Waals surface area contributed by atoms with Gasteiger partial charge in [0.15, 0.2) is 0 Å². The Balaban J connectivity index is 1.41. The van der Waals surface area contributed by atoms with Crippen LogP contribution in [-0.4, -0.2) is 64.5 Å². The summed E-state index contributed by atoms with van der Waals surface area (Å²) >= 11 is 0.702. The molecule has 4 heterocycles. The Morgan fingerprint density at radius 3 is 2.62 bits per heavy atom. The number of anilines is 1. The van der Waals surface area contributed by atoms with Gasteiger partial charge in [0.2, 0.25) is 5.95 Å². The van der Waals surface area contributed by atoms with E-state index in [1.165, 1.54) is 12.1 Å². The van der Waals surface area contributed by atoms with Gasteiger partial charge in [-0.15, -0.1) is 11.3 Å². The lowest BCUT2D eigenvalue weighted by Gasteiger charge is -2.37. The summed E-state index contributed by atoms with van der Waals surface area (Å²) in [5, 5.41) is 15.5. The van der Waals surface area contributed by atoms with Crippen LogP contribution in [0.2, 0.25) is 0 Å². The zero-order chi connectivity index (χ0) is 33.9. The van der Waals surface area contributed by atoms with E-state index in [-0.39, 0.29) is 56.5 Å². The minimum atomic E-state index is -2.69. The van der Waals surface area contributed by atoms with Crippen molar-refractivity contribution in [3.63, 3.8) is 0 Å². The van der Waals surface area contributed by atoms with Gasteiger partial charge in [-0.1, -0.05) is 33.8 Å². The Kier molecular flexibility index (Phi) is 10.1. The SMILES string of the molecule is CC(C)(C)CNC(=O)c1ccc2c(c1)nc(NC(=O)c1ccc(C(F)F)s1)n2C[C@H]1CCCN1C(=O)/C(C#N)=C/CCC1(C)COC1. The Hall–Kier alpha value is -4.15. The van der Waals surface area contributed by atoms with Crippen LogP contribution in [-0.2, 0) is 16.1 Å². The second-order valence-electron chi connectivity index (χ2n) is 13.8. The van der Waals surface area contributed by atoms with E-state index in [4.69, 9.17) is 4.74 Å². The molecule has 3 amide bonds. The minimum absolute atomic E-state index is 0.0663. The Bertz CT molecular complexity index is 1730. The molecule has 47 heavy (non-hydrogen) atoms. The maximum atomic E-state index is 13.6. The first-order valence-electron chi connectivity index (χ1n) is 15.7. The minimum Gasteiger partial charge on any atom is -0.380 e. The number of amides is 3. The number of rotatable bonds is 11. The van der Waals surface area contributed by atoms with Gasteiger partial charge >= 0.3 is 0 Å². The lowest BCUT2D eigenvalue weighted by molar-refractivity contribution is -0.127. The van der Waals surface area contributed by atoms with E-state index in [9.17, 15) is 28.4 Å². The quantitative estimate of drug-likeness (QED) is 0.182. The fourth-order valence-electron chi connectivity index (χ4n) is 5.75. The van der Waals surface area contributed by atoms with E-state index in [1.807, 2.05) is 20.8 Å². The van der Waals surface area contributed by atoms with Crippen LogP contribution in [0, 0.1) is 22.2 Å². The smallest absolute Gasteiger partial charge is 0.272 e. The molecule has 1 atom stereocenters. The molecule has 2 N–H and O–H groups in total. The van der Waals surface area contributed by atoms with E-state index in [0.717, 1.165) is 12.8 Å². The number of thiophene rings is 1. The molecule has 0 bridgehead atoms. The van der Waals surface area contributed by atoms with Crippen LogP contribution in [0.3, 0.4) is 0 Å². The van der Waals surface area contributed by atoms with Crippen LogP contribution in [0.15, 0.2) is 42.0 Å². The standard InChI is InChI=1S/C34H40F2N6O4S/c1-33(2,3)18-38-29(43)21-9-10-25-24(15-21)39-32(40-30(44)27-12-11-26(47-27)28(35)36)42(25)17-23-8-6-14-41(23)31(45)22(16-37)7-5-13-34(4)19-46-20-34/h7,9-12,15,23,28H,5-6,8,13-14,17-20H2,1-4H3,(H,38,43)(H,39,40,44)/b22-7+/t23-/m1/s1. The largest absolute Gasteiger partial charge is 0.380 e. The molecule has 0 saturated carbocycles. The fraction of sp³-hybridized carbons (Fsp3) is 0.500. The second kappa shape index (κ2) is 13.9. The molecule has 5 rings (SSSR count). The fourth-order valence-corrected chi connectivity index (χ4v) is 6.51. The number of carbonyl (C=O) groups is 3. The number of nitrogens with one attached hydrogen (secondary N) is 2. The number of nitriles is 1. The van der Waals surface area contributed by atoms with E-state index in [2.05, 4.69) is 28.6 Å². The maximum absolute atomic E-state index is 13.6. The van der Waals surface area contributed by atoms with Gasteiger partial charge in [-0.05, 0) is 61.4 Å². The van der Waals surface area contributed by atoms with Crippen LogP contribution in [0.5, 0.6) is 0 Å². The van der Waals surface area contributed by atoms with Crippen molar-refractivity contribution in [2.45, 2.75) is 72.4 Å². The highest BCUT2D eigenvalue weighted by atomic mass is 32.1. The summed E-state index contributed by atoms with van der Waals surface area (Å²) in [6, 6.07) is 9.42. The van der Waals surface area contributed by atoms with Gasteiger partial charge in [0, 0.05) is 30.6 Å². The zero-order valence-corrected chi connectivity index (χ0v) is 27.9. The van der Waals surface area contributed by atoms with Crippen LogP contribution in [0.4, 0.5) is 14.7 Å². The number of ether oxygens (including phenoxy) is 1. The molecular weight excluding hydrogens is 626 g/mol. The van der Waals surface area contributed by atoms with Crippen LogP contribution in [0.1, 0.15) is 84.7 Å². The number of alkyl halides is 2. The first-order chi connectivity index (χ1) is 22.3. The highest BCUT2D eigenvalue weighted by Gasteiger charge is 2.34.